The van der Waals surface area contributed by atoms with Gasteiger partial charge in [0, 0.05) is 33.4 Å². The third-order valence-corrected chi connectivity index (χ3v) is 4.58. The number of ether oxygens (including phenoxy) is 1. The third kappa shape index (κ3) is 4.51. The van der Waals surface area contributed by atoms with Crippen LogP contribution in [-0.4, -0.2) is 57.3 Å². The number of hydrogen-bond donors (Lipinski definition) is 2. The van der Waals surface area contributed by atoms with E-state index in [0.717, 1.165) is 12.8 Å². The lowest BCUT2D eigenvalue weighted by atomic mass is 10.0. The molecule has 0 aromatic rings. The Labute approximate surface area is 103 Å². The fourth-order valence-corrected chi connectivity index (χ4v) is 3.20. The van der Waals surface area contributed by atoms with Crippen molar-refractivity contribution in [2.45, 2.75) is 25.9 Å². The molecule has 1 aliphatic heterocycles. The molecule has 0 aromatic heterocycles. The molecule has 0 bridgehead atoms. The molecule has 0 aliphatic carbocycles. The molecule has 2 atom stereocenters. The van der Waals surface area contributed by atoms with Crippen LogP contribution in [0.5, 0.6) is 0 Å². The summed E-state index contributed by atoms with van der Waals surface area (Å²) in [4.78, 5) is 0. The van der Waals surface area contributed by atoms with E-state index in [0.29, 0.717) is 13.1 Å². The first-order valence-electron chi connectivity index (χ1n) is 5.88. The van der Waals surface area contributed by atoms with Gasteiger partial charge < -0.3 is 9.84 Å². The summed E-state index contributed by atoms with van der Waals surface area (Å²) >= 11 is 0. The fraction of sp³-hybridized carbons (Fsp3) is 1.00. The first-order valence-corrected chi connectivity index (χ1v) is 7.32. The van der Waals surface area contributed by atoms with Crippen LogP contribution in [0.1, 0.15) is 19.8 Å². The van der Waals surface area contributed by atoms with Crippen molar-refractivity contribution in [1.29, 1.82) is 0 Å². The predicted octanol–water partition coefficient (Wildman–Crippen LogP) is -0.440. The maximum Gasteiger partial charge on any atom is 0.279 e. The van der Waals surface area contributed by atoms with Crippen LogP contribution in [0.25, 0.3) is 0 Å². The molecule has 7 heteroatoms. The van der Waals surface area contributed by atoms with Gasteiger partial charge in [0.15, 0.2) is 0 Å². The Morgan fingerprint density at radius 3 is 2.88 bits per heavy atom. The van der Waals surface area contributed by atoms with Gasteiger partial charge in [-0.15, -0.1) is 0 Å². The molecule has 1 aliphatic rings. The molecule has 6 nitrogen and oxygen atoms in total. The van der Waals surface area contributed by atoms with Crippen molar-refractivity contribution in [2.75, 3.05) is 33.4 Å². The van der Waals surface area contributed by atoms with E-state index >= 15 is 0 Å². The van der Waals surface area contributed by atoms with E-state index in [1.807, 2.05) is 0 Å². The van der Waals surface area contributed by atoms with Crippen LogP contribution >= 0.6 is 0 Å². The lowest BCUT2D eigenvalue weighted by Crippen LogP contribution is -2.48. The first kappa shape index (κ1) is 14.8. The lowest BCUT2D eigenvalue weighted by Gasteiger charge is -2.31. The monoisotopic (exact) mass is 266 g/mol. The van der Waals surface area contributed by atoms with Gasteiger partial charge in [0.25, 0.3) is 10.2 Å². The second kappa shape index (κ2) is 6.65. The molecule has 0 radical (unpaired) electrons. The highest BCUT2D eigenvalue weighted by Gasteiger charge is 2.28. The average molecular weight is 266 g/mol. The number of piperidine rings is 1. The Morgan fingerprint density at radius 2 is 2.29 bits per heavy atom. The van der Waals surface area contributed by atoms with Crippen molar-refractivity contribution in [3.05, 3.63) is 0 Å². The molecule has 0 saturated carbocycles. The Morgan fingerprint density at radius 1 is 1.59 bits per heavy atom. The van der Waals surface area contributed by atoms with Crippen LogP contribution in [0.15, 0.2) is 0 Å². The van der Waals surface area contributed by atoms with Gasteiger partial charge in [0.2, 0.25) is 0 Å². The van der Waals surface area contributed by atoms with Crippen molar-refractivity contribution in [3.63, 3.8) is 0 Å². The molecule has 2 unspecified atom stereocenters. The molecule has 0 amide bonds. The first-order chi connectivity index (χ1) is 7.99. The number of aliphatic hydroxyl groups is 1. The van der Waals surface area contributed by atoms with E-state index in [9.17, 15) is 8.42 Å². The van der Waals surface area contributed by atoms with E-state index in [4.69, 9.17) is 9.84 Å². The summed E-state index contributed by atoms with van der Waals surface area (Å²) < 4.78 is 32.8. The minimum atomic E-state index is -3.44. The molecular weight excluding hydrogens is 244 g/mol. The minimum absolute atomic E-state index is 0.0422. The zero-order valence-electron chi connectivity index (χ0n) is 10.4. The smallest absolute Gasteiger partial charge is 0.279 e. The van der Waals surface area contributed by atoms with Gasteiger partial charge >= 0.3 is 0 Å². The van der Waals surface area contributed by atoms with E-state index in [1.165, 1.54) is 4.31 Å². The number of methoxy groups -OCH3 is 1. The zero-order valence-corrected chi connectivity index (χ0v) is 11.2. The Kier molecular flexibility index (Phi) is 5.81. The fourth-order valence-electron chi connectivity index (χ4n) is 1.79. The highest BCUT2D eigenvalue weighted by Crippen LogP contribution is 2.17. The predicted molar refractivity (Wildman–Crippen MR) is 64.8 cm³/mol. The second-order valence-corrected chi connectivity index (χ2v) is 6.20. The molecular formula is C10H22N2O4S. The quantitative estimate of drug-likeness (QED) is 0.683. The van der Waals surface area contributed by atoms with Crippen LogP contribution in [-0.2, 0) is 14.9 Å². The van der Waals surface area contributed by atoms with Crippen molar-refractivity contribution in [1.82, 2.24) is 9.03 Å². The topological polar surface area (TPSA) is 78.9 Å². The van der Waals surface area contributed by atoms with Crippen LogP contribution in [0.3, 0.4) is 0 Å². The molecule has 102 valence electrons. The summed E-state index contributed by atoms with van der Waals surface area (Å²) in [5.41, 5.74) is 0. The van der Waals surface area contributed by atoms with Gasteiger partial charge in [-0.05, 0) is 25.7 Å². The summed E-state index contributed by atoms with van der Waals surface area (Å²) in [6, 6.07) is 0. The second-order valence-electron chi connectivity index (χ2n) is 4.45. The number of nitrogens with zero attached hydrogens (tertiary/aromatic N) is 1. The lowest BCUT2D eigenvalue weighted by molar-refractivity contribution is 0.121. The number of nitrogens with one attached hydrogen (secondary N) is 1. The Hall–Kier alpha value is -0.210. The molecule has 1 saturated heterocycles. The van der Waals surface area contributed by atoms with Crippen molar-refractivity contribution < 1.29 is 18.3 Å². The standard InChI is InChI=1S/C10H22N2O4S/c1-9(16-2)6-11-17(14,15)12-5-3-4-10(7-12)8-13/h9-11,13H,3-8H2,1-2H3. The van der Waals surface area contributed by atoms with Gasteiger partial charge in [-0.2, -0.15) is 17.4 Å². The SMILES string of the molecule is COC(C)CNS(=O)(=O)N1CCCC(CO)C1. The Bertz CT molecular complexity index is 320. The summed E-state index contributed by atoms with van der Waals surface area (Å²) in [5, 5.41) is 9.07. The van der Waals surface area contributed by atoms with Gasteiger partial charge in [-0.1, -0.05) is 0 Å². The maximum absolute atomic E-state index is 11.9. The average Bonchev–Trinajstić information content (AvgIpc) is 2.36. The number of hydrogen-bond acceptors (Lipinski definition) is 4. The summed E-state index contributed by atoms with van der Waals surface area (Å²) in [6.45, 7) is 3.02. The van der Waals surface area contributed by atoms with Gasteiger partial charge in [-0.3, -0.25) is 0 Å². The van der Waals surface area contributed by atoms with E-state index in [-0.39, 0.29) is 25.2 Å². The largest absolute Gasteiger partial charge is 0.396 e. The minimum Gasteiger partial charge on any atom is -0.396 e. The molecule has 0 spiro atoms. The van der Waals surface area contributed by atoms with Crippen molar-refractivity contribution >= 4 is 10.2 Å². The van der Waals surface area contributed by atoms with E-state index < -0.39 is 10.2 Å². The van der Waals surface area contributed by atoms with Crippen LogP contribution in [0.2, 0.25) is 0 Å². The maximum atomic E-state index is 11.9. The van der Waals surface area contributed by atoms with E-state index in [1.54, 1.807) is 14.0 Å². The summed E-state index contributed by atoms with van der Waals surface area (Å²) in [7, 11) is -1.90. The molecule has 0 aromatic carbocycles. The van der Waals surface area contributed by atoms with Crippen molar-refractivity contribution in [3.8, 4) is 0 Å². The summed E-state index contributed by atoms with van der Waals surface area (Å²) in [5.74, 6) is 0.0557. The highest BCUT2D eigenvalue weighted by atomic mass is 32.2. The number of aliphatic hydroxyl groups excluding tert-OH is 1. The number of rotatable bonds is 6. The highest BCUT2D eigenvalue weighted by molar-refractivity contribution is 7.87. The molecule has 1 fully saturated rings. The van der Waals surface area contributed by atoms with Gasteiger partial charge in [0.1, 0.15) is 0 Å². The van der Waals surface area contributed by atoms with Crippen molar-refractivity contribution in [2.24, 2.45) is 5.92 Å². The summed E-state index contributed by atoms with van der Waals surface area (Å²) in [6.07, 6.45) is 1.53. The molecule has 1 heterocycles. The van der Waals surface area contributed by atoms with Crippen LogP contribution in [0.4, 0.5) is 0 Å². The molecule has 2 N–H and O–H groups in total. The molecule has 17 heavy (non-hydrogen) atoms. The van der Waals surface area contributed by atoms with Crippen LogP contribution in [0, 0.1) is 5.92 Å². The van der Waals surface area contributed by atoms with Crippen LogP contribution < -0.4 is 4.72 Å². The Balaban J connectivity index is 2.51. The van der Waals surface area contributed by atoms with Gasteiger partial charge in [0.05, 0.1) is 6.10 Å². The van der Waals surface area contributed by atoms with Gasteiger partial charge in [-0.25, -0.2) is 0 Å². The third-order valence-electron chi connectivity index (χ3n) is 3.04. The normalized spacial score (nSPS) is 24.8. The van der Waals surface area contributed by atoms with E-state index in [2.05, 4.69) is 4.72 Å². The molecule has 1 rings (SSSR count). The zero-order chi connectivity index (χ0) is 12.9.